The second kappa shape index (κ2) is 4.44. The van der Waals surface area contributed by atoms with Crippen LogP contribution in [0.25, 0.3) is 0 Å². The molecule has 1 aromatic carbocycles. The van der Waals surface area contributed by atoms with Crippen LogP contribution >= 0.6 is 0 Å². The van der Waals surface area contributed by atoms with Crippen LogP contribution in [-0.4, -0.2) is 49.9 Å². The highest BCUT2D eigenvalue weighted by molar-refractivity contribution is 7.92. The molecule has 0 radical (unpaired) electrons. The molecule has 2 aliphatic rings. The van der Waals surface area contributed by atoms with E-state index in [0.717, 1.165) is 6.07 Å². The second-order valence-electron chi connectivity index (χ2n) is 5.15. The van der Waals surface area contributed by atoms with E-state index in [1.807, 2.05) is 0 Å². The van der Waals surface area contributed by atoms with Gasteiger partial charge in [-0.2, -0.15) is 0 Å². The minimum Gasteiger partial charge on any atom is -0.494 e. The van der Waals surface area contributed by atoms with E-state index in [0.29, 0.717) is 6.42 Å². The molecule has 5 nitrogen and oxygen atoms in total. The molecule has 2 atom stereocenters. The van der Waals surface area contributed by atoms with Crippen molar-refractivity contribution in [1.29, 1.82) is 0 Å². The van der Waals surface area contributed by atoms with Crippen LogP contribution < -0.4 is 4.74 Å². The Morgan fingerprint density at radius 2 is 2.20 bits per heavy atom. The van der Waals surface area contributed by atoms with Crippen molar-refractivity contribution in [3.63, 3.8) is 0 Å². The summed E-state index contributed by atoms with van der Waals surface area (Å²) in [7, 11) is -1.69. The number of ether oxygens (including phenoxy) is 1. The van der Waals surface area contributed by atoms with Crippen molar-refractivity contribution in [2.75, 3.05) is 19.4 Å². The zero-order valence-corrected chi connectivity index (χ0v) is 11.7. The summed E-state index contributed by atoms with van der Waals surface area (Å²) in [5.41, 5.74) is 0.216. The van der Waals surface area contributed by atoms with Gasteiger partial charge in [0.1, 0.15) is 0 Å². The lowest BCUT2D eigenvalue weighted by Gasteiger charge is -2.27. The van der Waals surface area contributed by atoms with Gasteiger partial charge >= 0.3 is 0 Å². The highest BCUT2D eigenvalue weighted by Gasteiger charge is 2.50. The molecule has 0 spiro atoms. The summed E-state index contributed by atoms with van der Waals surface area (Å²) in [6.07, 6.45) is 0.493. The van der Waals surface area contributed by atoms with Crippen molar-refractivity contribution in [3.05, 3.63) is 29.6 Å². The van der Waals surface area contributed by atoms with Crippen molar-refractivity contribution < 1.29 is 22.3 Å². The molecule has 0 N–H and O–H groups in total. The molecule has 1 amide bonds. The molecule has 2 heterocycles. The Kier molecular flexibility index (Phi) is 2.97. The maximum Gasteiger partial charge on any atom is 0.254 e. The zero-order valence-electron chi connectivity index (χ0n) is 10.9. The van der Waals surface area contributed by atoms with Gasteiger partial charge in [0.2, 0.25) is 0 Å². The summed E-state index contributed by atoms with van der Waals surface area (Å²) in [6.45, 7) is 0.208. The summed E-state index contributed by atoms with van der Waals surface area (Å²) in [5.74, 6) is -0.835. The van der Waals surface area contributed by atoms with E-state index in [1.165, 1.54) is 24.1 Å². The molecule has 108 valence electrons. The van der Waals surface area contributed by atoms with Crippen LogP contribution in [0.15, 0.2) is 18.2 Å². The first-order valence-electron chi connectivity index (χ1n) is 6.28. The van der Waals surface area contributed by atoms with Gasteiger partial charge < -0.3 is 9.64 Å². The molecule has 2 saturated heterocycles. The van der Waals surface area contributed by atoms with Crippen LogP contribution in [0.5, 0.6) is 5.75 Å². The van der Waals surface area contributed by atoms with Gasteiger partial charge in [0.25, 0.3) is 5.91 Å². The first kappa shape index (κ1) is 13.4. The highest BCUT2D eigenvalue weighted by atomic mass is 32.2. The maximum absolute atomic E-state index is 13.6. The number of hydrogen-bond acceptors (Lipinski definition) is 4. The minimum atomic E-state index is -3.04. The van der Waals surface area contributed by atoms with E-state index in [-0.39, 0.29) is 35.6 Å². The molecular weight excluding hydrogens is 285 g/mol. The molecule has 2 bridgehead atoms. The fraction of sp³-hybridized carbons (Fsp3) is 0.462. The van der Waals surface area contributed by atoms with Gasteiger partial charge in [-0.15, -0.1) is 0 Å². The Balaban J connectivity index is 1.83. The predicted octanol–water partition coefficient (Wildman–Crippen LogP) is 0.846. The quantitative estimate of drug-likeness (QED) is 0.812. The number of hydrogen-bond donors (Lipinski definition) is 0. The molecule has 20 heavy (non-hydrogen) atoms. The Bertz CT molecular complexity index is 673. The van der Waals surface area contributed by atoms with Crippen LogP contribution in [0.4, 0.5) is 4.39 Å². The number of halogens is 1. The monoisotopic (exact) mass is 299 g/mol. The van der Waals surface area contributed by atoms with Gasteiger partial charge in [-0.3, -0.25) is 4.79 Å². The average molecular weight is 299 g/mol. The molecule has 0 aromatic heterocycles. The third-order valence-corrected chi connectivity index (χ3v) is 6.17. The number of rotatable bonds is 2. The van der Waals surface area contributed by atoms with Gasteiger partial charge in [-0.1, -0.05) is 0 Å². The molecule has 1 aromatic rings. The van der Waals surface area contributed by atoms with Crippen molar-refractivity contribution in [2.45, 2.75) is 17.7 Å². The number of likely N-dealkylation sites (tertiary alicyclic amines) is 1. The number of benzene rings is 1. The molecule has 7 heteroatoms. The lowest BCUT2D eigenvalue weighted by molar-refractivity contribution is 0.0745. The Labute approximate surface area is 116 Å². The third-order valence-electron chi connectivity index (χ3n) is 3.97. The van der Waals surface area contributed by atoms with E-state index in [4.69, 9.17) is 4.74 Å². The number of fused-ring (bicyclic) bond motifs is 2. The number of carbonyl (C=O) groups excluding carboxylic acids is 1. The van der Waals surface area contributed by atoms with Gasteiger partial charge in [-0.25, -0.2) is 12.8 Å². The van der Waals surface area contributed by atoms with Crippen LogP contribution in [0, 0.1) is 5.82 Å². The molecule has 3 rings (SSSR count). The van der Waals surface area contributed by atoms with Crippen LogP contribution in [0.1, 0.15) is 16.8 Å². The van der Waals surface area contributed by atoms with Gasteiger partial charge in [-0.05, 0) is 24.6 Å². The minimum absolute atomic E-state index is 0.0159. The molecule has 2 fully saturated rings. The summed E-state index contributed by atoms with van der Waals surface area (Å²) in [4.78, 5) is 13.9. The van der Waals surface area contributed by atoms with E-state index in [2.05, 4.69) is 0 Å². The molecule has 2 aliphatic heterocycles. The Morgan fingerprint density at radius 3 is 2.70 bits per heavy atom. The van der Waals surface area contributed by atoms with Gasteiger partial charge in [0.05, 0.1) is 18.1 Å². The number of nitrogens with zero attached hydrogens (tertiary/aromatic N) is 1. The molecule has 0 aliphatic carbocycles. The summed E-state index contributed by atoms with van der Waals surface area (Å²) in [5, 5.41) is -0.459. The van der Waals surface area contributed by atoms with Crippen molar-refractivity contribution in [3.8, 4) is 5.75 Å². The fourth-order valence-electron chi connectivity index (χ4n) is 2.91. The third kappa shape index (κ3) is 1.96. The lowest BCUT2D eigenvalue weighted by atomic mass is 10.1. The highest BCUT2D eigenvalue weighted by Crippen LogP contribution is 2.34. The average Bonchev–Trinajstić information content (AvgIpc) is 2.93. The topological polar surface area (TPSA) is 63.7 Å². The number of amides is 1. The van der Waals surface area contributed by atoms with Gasteiger partial charge in [0, 0.05) is 18.2 Å². The fourth-order valence-corrected chi connectivity index (χ4v) is 4.94. The Morgan fingerprint density at radius 1 is 1.45 bits per heavy atom. The maximum atomic E-state index is 13.6. The number of carbonyl (C=O) groups is 1. The molecular formula is C13H14FNO4S. The van der Waals surface area contributed by atoms with E-state index < -0.39 is 20.9 Å². The molecule has 2 unspecified atom stereocenters. The zero-order chi connectivity index (χ0) is 14.5. The summed E-state index contributed by atoms with van der Waals surface area (Å²) in [6, 6.07) is 3.74. The smallest absolute Gasteiger partial charge is 0.254 e. The predicted molar refractivity (Wildman–Crippen MR) is 70.0 cm³/mol. The van der Waals surface area contributed by atoms with E-state index in [1.54, 1.807) is 0 Å². The SMILES string of the molecule is COc1ccc(C(=O)N2CC3CC2CS3(=O)=O)cc1F. The van der Waals surface area contributed by atoms with Gasteiger partial charge in [0.15, 0.2) is 21.4 Å². The van der Waals surface area contributed by atoms with Crippen LogP contribution in [-0.2, 0) is 9.84 Å². The summed E-state index contributed by atoms with van der Waals surface area (Å²) >= 11 is 0. The summed E-state index contributed by atoms with van der Waals surface area (Å²) < 4.78 is 41.7. The second-order valence-corrected chi connectivity index (χ2v) is 7.47. The first-order valence-corrected chi connectivity index (χ1v) is 8.00. The number of methoxy groups -OCH3 is 1. The van der Waals surface area contributed by atoms with Crippen molar-refractivity contribution in [1.82, 2.24) is 4.90 Å². The molecule has 0 saturated carbocycles. The largest absolute Gasteiger partial charge is 0.494 e. The van der Waals surface area contributed by atoms with Crippen molar-refractivity contribution >= 4 is 15.7 Å². The number of sulfone groups is 1. The first-order chi connectivity index (χ1) is 9.42. The van der Waals surface area contributed by atoms with E-state index >= 15 is 0 Å². The van der Waals surface area contributed by atoms with Crippen LogP contribution in [0.2, 0.25) is 0 Å². The normalized spacial score (nSPS) is 26.8. The Hall–Kier alpha value is -1.63. The standard InChI is InChI=1S/C13H14FNO4S/c1-19-12-3-2-8(4-11(12)14)13(16)15-6-10-5-9(15)7-20(10,17)18/h2-4,9-10H,5-7H2,1H3. The lowest BCUT2D eigenvalue weighted by Crippen LogP contribution is -2.44. The van der Waals surface area contributed by atoms with Crippen LogP contribution in [0.3, 0.4) is 0 Å². The van der Waals surface area contributed by atoms with Crippen molar-refractivity contribution in [2.24, 2.45) is 0 Å². The van der Waals surface area contributed by atoms with E-state index in [9.17, 15) is 17.6 Å².